The molecule has 3 fully saturated rings. The van der Waals surface area contributed by atoms with Crippen molar-refractivity contribution in [1.29, 1.82) is 0 Å². The molecule has 0 bridgehead atoms. The fraction of sp³-hybridized carbons (Fsp3) is 0.903. The van der Waals surface area contributed by atoms with Gasteiger partial charge in [0.2, 0.25) is 17.7 Å². The summed E-state index contributed by atoms with van der Waals surface area (Å²) in [6.45, 7) is 9.28. The van der Waals surface area contributed by atoms with Gasteiger partial charge in [-0.25, -0.2) is 0 Å². The van der Waals surface area contributed by atoms with Crippen molar-refractivity contribution in [2.45, 2.75) is 110 Å². The molecule has 3 aliphatic rings. The maximum atomic E-state index is 12.8. The smallest absolute Gasteiger partial charge is 0.233 e. The fourth-order valence-electron chi connectivity index (χ4n) is 9.28. The minimum Gasteiger partial charge on any atom is -0.396 e. The van der Waals surface area contributed by atoms with Crippen LogP contribution >= 0.6 is 0 Å². The number of hydrogen-bond donors (Lipinski definition) is 7. The molecule has 0 saturated heterocycles. The summed E-state index contributed by atoms with van der Waals surface area (Å²) in [5.41, 5.74) is 17.0. The van der Waals surface area contributed by atoms with Crippen molar-refractivity contribution in [3.8, 4) is 0 Å². The molecular weight excluding hydrogens is 520 g/mol. The second-order valence-corrected chi connectivity index (χ2v) is 13.9. The second-order valence-electron chi connectivity index (χ2n) is 13.9. The molecule has 10 N–H and O–H groups in total. The molecule has 10 heteroatoms. The molecule has 0 radical (unpaired) electrons. The van der Waals surface area contributed by atoms with E-state index < -0.39 is 0 Å². The third kappa shape index (κ3) is 7.61. The Hall–Kier alpha value is -1.75. The predicted octanol–water partition coefficient (Wildman–Crippen LogP) is 1.38. The fourth-order valence-corrected chi connectivity index (χ4v) is 9.28. The number of carbonyl (C=O) groups is 3. The molecule has 0 aliphatic heterocycles. The number of nitrogens with one attached hydrogen (secondary N) is 3. The van der Waals surface area contributed by atoms with Gasteiger partial charge in [0.25, 0.3) is 0 Å². The molecule has 0 aromatic heterocycles. The summed E-state index contributed by atoms with van der Waals surface area (Å²) in [7, 11) is 0. The lowest BCUT2D eigenvalue weighted by molar-refractivity contribution is -0.125. The van der Waals surface area contributed by atoms with Gasteiger partial charge in [0.15, 0.2) is 0 Å². The lowest BCUT2D eigenvalue weighted by Crippen LogP contribution is -2.59. The van der Waals surface area contributed by atoms with Crippen molar-refractivity contribution in [1.82, 2.24) is 16.0 Å². The van der Waals surface area contributed by atoms with Crippen LogP contribution in [0.4, 0.5) is 0 Å². The van der Waals surface area contributed by atoms with Crippen LogP contribution in [0.3, 0.4) is 0 Å². The first-order chi connectivity index (χ1) is 19.4. The maximum absolute atomic E-state index is 12.8. The molecule has 0 aromatic carbocycles. The van der Waals surface area contributed by atoms with Crippen LogP contribution in [0, 0.1) is 40.4 Å². The van der Waals surface area contributed by atoms with Crippen LogP contribution in [0.2, 0.25) is 0 Å². The van der Waals surface area contributed by atoms with Crippen molar-refractivity contribution in [2.24, 2.45) is 57.6 Å². The molecule has 10 nitrogen and oxygen atoms in total. The topological polar surface area (TPSA) is 186 Å². The first-order valence-electron chi connectivity index (χ1n) is 16.0. The second kappa shape index (κ2) is 14.6. The molecule has 10 atom stereocenters. The molecule has 3 rings (SSSR count). The van der Waals surface area contributed by atoms with Crippen molar-refractivity contribution in [2.75, 3.05) is 26.2 Å². The first kappa shape index (κ1) is 33.7. The lowest BCUT2D eigenvalue weighted by Gasteiger charge is -2.58. The highest BCUT2D eigenvalue weighted by atomic mass is 16.3. The standard InChI is InChI=1S/C31H58N6O4/c1-19(6-5-11-38)25-8-7-21-13-23(15-26(31(21,25)4)37-29(41)18-34)30(3)10-9-24(36-28(40)17-33)14-22(30)12-20(2)35-27(39)16-32/h19-26,38H,5-18,32-34H2,1-4H3,(H,35,39)(H,36,40)(H,37,41)/t19-,20+,21+,22?,23-,24-,25-,26+,30?,31?/m1/s1. The highest BCUT2D eigenvalue weighted by molar-refractivity contribution is 5.78. The van der Waals surface area contributed by atoms with E-state index in [9.17, 15) is 19.5 Å². The molecule has 41 heavy (non-hydrogen) atoms. The largest absolute Gasteiger partial charge is 0.396 e. The van der Waals surface area contributed by atoms with Gasteiger partial charge in [-0.15, -0.1) is 0 Å². The maximum Gasteiger partial charge on any atom is 0.233 e. The van der Waals surface area contributed by atoms with Crippen molar-refractivity contribution in [3.63, 3.8) is 0 Å². The molecule has 3 aliphatic carbocycles. The van der Waals surface area contributed by atoms with Crippen LogP contribution in [-0.4, -0.2) is 67.2 Å². The van der Waals surface area contributed by atoms with Crippen LogP contribution in [0.25, 0.3) is 0 Å². The molecule has 0 heterocycles. The minimum absolute atomic E-state index is 0.0146. The highest BCUT2D eigenvalue weighted by Gasteiger charge is 2.59. The van der Waals surface area contributed by atoms with Crippen molar-refractivity contribution >= 4 is 17.7 Å². The zero-order valence-electron chi connectivity index (χ0n) is 25.9. The lowest BCUT2D eigenvalue weighted by atomic mass is 9.49. The van der Waals surface area contributed by atoms with Crippen LogP contribution < -0.4 is 33.2 Å². The Kier molecular flexibility index (Phi) is 12.0. The van der Waals surface area contributed by atoms with Gasteiger partial charge in [-0.3, -0.25) is 14.4 Å². The normalized spacial score (nSPS) is 36.6. The van der Waals surface area contributed by atoms with E-state index in [-0.39, 0.29) is 78.8 Å². The van der Waals surface area contributed by atoms with Crippen LogP contribution in [-0.2, 0) is 14.4 Å². The summed E-state index contributed by atoms with van der Waals surface area (Å²) >= 11 is 0. The summed E-state index contributed by atoms with van der Waals surface area (Å²) in [6.07, 6.45) is 9.60. The van der Waals surface area contributed by atoms with Crippen molar-refractivity contribution in [3.05, 3.63) is 0 Å². The van der Waals surface area contributed by atoms with Gasteiger partial charge in [0.1, 0.15) is 0 Å². The SMILES string of the molecule is C[C@H](CCCO)[C@H]1CC[C@H]2C[C@@H](C3(C)CC[C@@H](NC(=O)CN)CC3C[C@H](C)NC(=O)CN)C[C@H](NC(=O)CN)C21C. The number of amides is 3. The average Bonchev–Trinajstić information content (AvgIpc) is 3.30. The quantitative estimate of drug-likeness (QED) is 0.172. The average molecular weight is 579 g/mol. The molecular formula is C31H58N6O4. The number of aliphatic hydroxyl groups is 1. The Bertz CT molecular complexity index is 902. The Morgan fingerprint density at radius 2 is 1.54 bits per heavy atom. The number of carbonyl (C=O) groups excluding carboxylic acids is 3. The molecule has 3 saturated carbocycles. The number of rotatable bonds is 13. The van der Waals surface area contributed by atoms with E-state index in [1.54, 1.807) is 0 Å². The highest BCUT2D eigenvalue weighted by Crippen LogP contribution is 2.63. The number of fused-ring (bicyclic) bond motifs is 1. The van der Waals surface area contributed by atoms with E-state index in [4.69, 9.17) is 17.2 Å². The summed E-state index contributed by atoms with van der Waals surface area (Å²) in [5, 5.41) is 19.0. The molecule has 3 unspecified atom stereocenters. The summed E-state index contributed by atoms with van der Waals surface area (Å²) < 4.78 is 0. The zero-order valence-corrected chi connectivity index (χ0v) is 25.9. The van der Waals surface area contributed by atoms with E-state index in [1.165, 1.54) is 0 Å². The van der Waals surface area contributed by atoms with Gasteiger partial charge in [-0.2, -0.15) is 0 Å². The van der Waals surface area contributed by atoms with Crippen molar-refractivity contribution < 1.29 is 19.5 Å². The monoisotopic (exact) mass is 578 g/mol. The van der Waals surface area contributed by atoms with Gasteiger partial charge < -0.3 is 38.3 Å². The van der Waals surface area contributed by atoms with E-state index in [1.807, 2.05) is 6.92 Å². The van der Waals surface area contributed by atoms with Gasteiger partial charge in [-0.1, -0.05) is 20.8 Å². The summed E-state index contributed by atoms with van der Waals surface area (Å²) in [6, 6.07) is 0.0587. The molecule has 0 aromatic rings. The van der Waals surface area contributed by atoms with Gasteiger partial charge in [0.05, 0.1) is 19.6 Å². The van der Waals surface area contributed by atoms with E-state index >= 15 is 0 Å². The minimum atomic E-state index is -0.159. The number of hydrogen-bond acceptors (Lipinski definition) is 7. The Morgan fingerprint density at radius 1 is 0.878 bits per heavy atom. The number of nitrogens with two attached hydrogens (primary N) is 3. The first-order valence-corrected chi connectivity index (χ1v) is 16.0. The Balaban J connectivity index is 1.90. The third-order valence-electron chi connectivity index (χ3n) is 11.6. The van der Waals surface area contributed by atoms with E-state index in [0.29, 0.717) is 23.7 Å². The molecule has 236 valence electrons. The van der Waals surface area contributed by atoms with Gasteiger partial charge >= 0.3 is 0 Å². The predicted molar refractivity (Wildman–Crippen MR) is 161 cm³/mol. The van der Waals surface area contributed by atoms with Crippen LogP contribution in [0.1, 0.15) is 91.9 Å². The molecule has 0 spiro atoms. The Labute approximate surface area is 247 Å². The van der Waals surface area contributed by atoms with Crippen LogP contribution in [0.15, 0.2) is 0 Å². The third-order valence-corrected chi connectivity index (χ3v) is 11.6. The van der Waals surface area contributed by atoms with Crippen LogP contribution in [0.5, 0.6) is 0 Å². The Morgan fingerprint density at radius 3 is 2.17 bits per heavy atom. The van der Waals surface area contributed by atoms with E-state index in [2.05, 4.69) is 36.7 Å². The molecule has 3 amide bonds. The van der Waals surface area contributed by atoms with Gasteiger partial charge in [-0.05, 0) is 112 Å². The number of aliphatic hydroxyl groups excluding tert-OH is 1. The van der Waals surface area contributed by atoms with Gasteiger partial charge in [0, 0.05) is 24.7 Å². The summed E-state index contributed by atoms with van der Waals surface area (Å²) in [4.78, 5) is 37.0. The summed E-state index contributed by atoms with van der Waals surface area (Å²) in [5.74, 6) is 1.73. The van der Waals surface area contributed by atoms with E-state index in [0.717, 1.165) is 64.2 Å². The zero-order chi connectivity index (χ0) is 30.4.